The summed E-state index contributed by atoms with van der Waals surface area (Å²) in [5, 5.41) is 0. The maximum atomic E-state index is 4.57. The highest BCUT2D eigenvalue weighted by molar-refractivity contribution is 5.86. The maximum Gasteiger partial charge on any atom is 0.115 e. The SMILES string of the molecule is C[C@@H]1\C=C(c2cccnc2)/C=C(c2cncnc2)\N=C\C1. The van der Waals surface area contributed by atoms with Crippen molar-refractivity contribution in [2.24, 2.45) is 10.9 Å². The van der Waals surface area contributed by atoms with Gasteiger partial charge in [-0.3, -0.25) is 9.98 Å². The van der Waals surface area contributed by atoms with E-state index < -0.39 is 0 Å². The van der Waals surface area contributed by atoms with Crippen LogP contribution in [-0.4, -0.2) is 21.2 Å². The molecule has 1 aliphatic rings. The zero-order chi connectivity index (χ0) is 14.5. The molecule has 0 N–H and O–H groups in total. The molecule has 0 bridgehead atoms. The monoisotopic (exact) mass is 276 g/mol. The van der Waals surface area contributed by atoms with Crippen LogP contribution in [0.5, 0.6) is 0 Å². The number of aliphatic imine (C=N–C) groups is 1. The molecule has 2 aromatic rings. The second-order valence-corrected chi connectivity index (χ2v) is 5.05. The Hall–Kier alpha value is -2.62. The minimum absolute atomic E-state index is 0.439. The second kappa shape index (κ2) is 6.22. The summed E-state index contributed by atoms with van der Waals surface area (Å²) in [4.78, 5) is 16.9. The van der Waals surface area contributed by atoms with Gasteiger partial charge in [0.2, 0.25) is 0 Å². The molecule has 1 atom stereocenters. The summed E-state index contributed by atoms with van der Waals surface area (Å²) in [6.45, 7) is 2.19. The van der Waals surface area contributed by atoms with Crippen LogP contribution in [0.15, 0.2) is 60.4 Å². The molecule has 1 aliphatic heterocycles. The predicted molar refractivity (Wildman–Crippen MR) is 84.5 cm³/mol. The summed E-state index contributed by atoms with van der Waals surface area (Å²) in [7, 11) is 0. The topological polar surface area (TPSA) is 51.0 Å². The van der Waals surface area contributed by atoms with E-state index in [2.05, 4.69) is 45.1 Å². The van der Waals surface area contributed by atoms with Crippen LogP contribution < -0.4 is 0 Å². The van der Waals surface area contributed by atoms with Gasteiger partial charge in [0.15, 0.2) is 0 Å². The molecule has 0 saturated carbocycles. The van der Waals surface area contributed by atoms with Crippen molar-refractivity contribution in [3.05, 3.63) is 66.5 Å². The van der Waals surface area contributed by atoms with Crippen LogP contribution in [0.1, 0.15) is 24.5 Å². The summed E-state index contributed by atoms with van der Waals surface area (Å²) in [5.41, 5.74) is 4.01. The van der Waals surface area contributed by atoms with Gasteiger partial charge in [0.05, 0.1) is 5.70 Å². The smallest absolute Gasteiger partial charge is 0.115 e. The lowest BCUT2D eigenvalue weighted by atomic mass is 9.97. The molecule has 3 rings (SSSR count). The number of hydrogen-bond donors (Lipinski definition) is 0. The molecule has 0 saturated heterocycles. The van der Waals surface area contributed by atoms with Crippen molar-refractivity contribution in [1.29, 1.82) is 0 Å². The third-order valence-electron chi connectivity index (χ3n) is 3.32. The largest absolute Gasteiger partial charge is 0.264 e. The van der Waals surface area contributed by atoms with Gasteiger partial charge in [-0.25, -0.2) is 9.97 Å². The molecule has 21 heavy (non-hydrogen) atoms. The number of aromatic nitrogens is 3. The van der Waals surface area contributed by atoms with Crippen LogP contribution in [0.4, 0.5) is 0 Å². The van der Waals surface area contributed by atoms with Crippen LogP contribution in [0.25, 0.3) is 11.3 Å². The molecule has 0 amide bonds. The molecular formula is C17H16N4. The molecule has 0 spiro atoms. The molecule has 0 aromatic carbocycles. The number of nitrogens with zero attached hydrogens (tertiary/aromatic N) is 4. The summed E-state index contributed by atoms with van der Waals surface area (Å²) >= 11 is 0. The lowest BCUT2D eigenvalue weighted by Gasteiger charge is -2.12. The molecule has 0 fully saturated rings. The van der Waals surface area contributed by atoms with Crippen molar-refractivity contribution < 1.29 is 0 Å². The number of rotatable bonds is 2. The summed E-state index contributed by atoms with van der Waals surface area (Å²) < 4.78 is 0. The number of pyridine rings is 1. The fourth-order valence-corrected chi connectivity index (χ4v) is 2.23. The van der Waals surface area contributed by atoms with Crippen LogP contribution in [0, 0.1) is 5.92 Å². The highest BCUT2D eigenvalue weighted by atomic mass is 14.8. The zero-order valence-corrected chi connectivity index (χ0v) is 11.8. The van der Waals surface area contributed by atoms with Gasteiger partial charge in [0.1, 0.15) is 6.33 Å². The Bertz CT molecular complexity index is 687. The first kappa shape index (κ1) is 13.4. The normalized spacial score (nSPS) is 24.9. The van der Waals surface area contributed by atoms with Crippen LogP contribution in [0.2, 0.25) is 0 Å². The molecule has 104 valence electrons. The Morgan fingerprint density at radius 2 is 1.86 bits per heavy atom. The fourth-order valence-electron chi connectivity index (χ4n) is 2.23. The Labute approximate surface area is 124 Å². The van der Waals surface area contributed by atoms with Crippen molar-refractivity contribution in [3.63, 3.8) is 0 Å². The summed E-state index contributed by atoms with van der Waals surface area (Å²) in [6.07, 6.45) is 15.9. The third-order valence-corrected chi connectivity index (χ3v) is 3.32. The Morgan fingerprint density at radius 3 is 2.62 bits per heavy atom. The van der Waals surface area contributed by atoms with Crippen LogP contribution in [0.3, 0.4) is 0 Å². The van der Waals surface area contributed by atoms with E-state index in [4.69, 9.17) is 0 Å². The molecular weight excluding hydrogens is 260 g/mol. The van der Waals surface area contributed by atoms with Crippen molar-refractivity contribution in [1.82, 2.24) is 15.0 Å². The van der Waals surface area contributed by atoms with Crippen molar-refractivity contribution in [2.45, 2.75) is 13.3 Å². The molecule has 4 heteroatoms. The molecule has 0 radical (unpaired) electrons. The highest BCUT2D eigenvalue weighted by Crippen LogP contribution is 2.26. The first-order chi connectivity index (χ1) is 10.3. The van der Waals surface area contributed by atoms with E-state index in [9.17, 15) is 0 Å². The van der Waals surface area contributed by atoms with Gasteiger partial charge in [-0.2, -0.15) is 0 Å². The van der Waals surface area contributed by atoms with Gasteiger partial charge in [0, 0.05) is 36.6 Å². The van der Waals surface area contributed by atoms with Crippen LogP contribution in [-0.2, 0) is 0 Å². The fraction of sp³-hybridized carbons (Fsp3) is 0.176. The molecule has 2 aromatic heterocycles. The number of hydrogen-bond acceptors (Lipinski definition) is 4. The summed E-state index contributed by atoms with van der Waals surface area (Å²) in [5.74, 6) is 0.439. The average Bonchev–Trinajstić information content (AvgIpc) is 2.52. The maximum absolute atomic E-state index is 4.57. The predicted octanol–water partition coefficient (Wildman–Crippen LogP) is 3.41. The van der Waals surface area contributed by atoms with E-state index in [0.717, 1.165) is 28.8 Å². The van der Waals surface area contributed by atoms with E-state index in [1.807, 2.05) is 18.5 Å². The Balaban J connectivity index is 2.07. The molecule has 0 unspecified atom stereocenters. The van der Waals surface area contributed by atoms with E-state index in [0.29, 0.717) is 5.92 Å². The molecule has 4 nitrogen and oxygen atoms in total. The van der Waals surface area contributed by atoms with Gasteiger partial charge >= 0.3 is 0 Å². The average molecular weight is 276 g/mol. The summed E-state index contributed by atoms with van der Waals surface area (Å²) in [6, 6.07) is 4.01. The van der Waals surface area contributed by atoms with Gasteiger partial charge in [0.25, 0.3) is 0 Å². The van der Waals surface area contributed by atoms with Crippen LogP contribution >= 0.6 is 0 Å². The number of allylic oxidation sites excluding steroid dienone is 3. The van der Waals surface area contributed by atoms with Gasteiger partial charge in [-0.1, -0.05) is 19.1 Å². The van der Waals surface area contributed by atoms with E-state index in [1.54, 1.807) is 18.6 Å². The Kier molecular flexibility index (Phi) is 3.96. The van der Waals surface area contributed by atoms with E-state index in [-0.39, 0.29) is 0 Å². The highest BCUT2D eigenvalue weighted by Gasteiger charge is 2.09. The first-order valence-corrected chi connectivity index (χ1v) is 6.95. The van der Waals surface area contributed by atoms with E-state index in [1.165, 1.54) is 6.33 Å². The lowest BCUT2D eigenvalue weighted by Crippen LogP contribution is -1.98. The minimum atomic E-state index is 0.439. The van der Waals surface area contributed by atoms with Crippen molar-refractivity contribution in [2.75, 3.05) is 0 Å². The zero-order valence-electron chi connectivity index (χ0n) is 11.8. The van der Waals surface area contributed by atoms with Crippen molar-refractivity contribution in [3.8, 4) is 0 Å². The molecule has 3 heterocycles. The van der Waals surface area contributed by atoms with Crippen molar-refractivity contribution >= 4 is 17.5 Å². The van der Waals surface area contributed by atoms with Gasteiger partial charge in [-0.05, 0) is 35.6 Å². The Morgan fingerprint density at radius 1 is 1.05 bits per heavy atom. The minimum Gasteiger partial charge on any atom is -0.264 e. The van der Waals surface area contributed by atoms with Gasteiger partial charge < -0.3 is 0 Å². The standard InChI is InChI=1S/C17H16N4/c1-13-4-6-21-17(16-10-19-12-20-11-16)8-15(7-13)14-3-2-5-18-9-14/h2-3,5-13H,4H2,1H3/b15-7+,17-8-,21-6+/t13-/m0/s1. The quantitative estimate of drug-likeness (QED) is 0.844. The first-order valence-electron chi connectivity index (χ1n) is 6.95. The van der Waals surface area contributed by atoms with E-state index >= 15 is 0 Å². The lowest BCUT2D eigenvalue weighted by molar-refractivity contribution is 0.778. The van der Waals surface area contributed by atoms with Gasteiger partial charge in [-0.15, -0.1) is 0 Å². The second-order valence-electron chi connectivity index (χ2n) is 5.05. The molecule has 0 aliphatic carbocycles. The third kappa shape index (κ3) is 3.28.